The predicted molar refractivity (Wildman–Crippen MR) is 86.6 cm³/mol. The van der Waals surface area contributed by atoms with Crippen LogP contribution in [0.15, 0.2) is 46.3 Å². The maximum absolute atomic E-state index is 5.48. The molecular weight excluding hydrogens is 296 g/mol. The van der Waals surface area contributed by atoms with Crippen LogP contribution < -0.4 is 9.47 Å². The Balaban J connectivity index is 1.56. The van der Waals surface area contributed by atoms with Gasteiger partial charge in [0.15, 0.2) is 11.5 Å². The van der Waals surface area contributed by atoms with Crippen molar-refractivity contribution in [3.05, 3.63) is 42.0 Å². The Hall–Kier alpha value is -2.14. The number of aliphatic imine (C=N–C) groups is 1. The van der Waals surface area contributed by atoms with E-state index in [4.69, 9.17) is 9.47 Å². The first-order valence-corrected chi connectivity index (χ1v) is 8.20. The standard InChI is InChI=1S/C17H14N2O2S/c1-6-18-17-13-4-2-12(9-16(13)22-19(17)7-1)11-3-5-14-15(8-11)21-10-20-14/h2-5,8-9H,1,6-7,10H2. The van der Waals surface area contributed by atoms with E-state index in [9.17, 15) is 0 Å². The first-order valence-electron chi connectivity index (χ1n) is 7.43. The summed E-state index contributed by atoms with van der Waals surface area (Å²) in [6.45, 7) is 2.33. The Labute approximate surface area is 132 Å². The van der Waals surface area contributed by atoms with Crippen molar-refractivity contribution in [2.45, 2.75) is 11.3 Å². The molecular formula is C17H14N2O2S. The van der Waals surface area contributed by atoms with E-state index in [0.717, 1.165) is 42.4 Å². The molecule has 0 saturated carbocycles. The molecule has 0 N–H and O–H groups in total. The Bertz CT molecular complexity index is 803. The Morgan fingerprint density at radius 1 is 1.00 bits per heavy atom. The van der Waals surface area contributed by atoms with Crippen LogP contribution in [0.2, 0.25) is 0 Å². The fourth-order valence-corrected chi connectivity index (χ4v) is 4.19. The lowest BCUT2D eigenvalue weighted by molar-refractivity contribution is 0.174. The monoisotopic (exact) mass is 310 g/mol. The lowest BCUT2D eigenvalue weighted by Crippen LogP contribution is -2.26. The topological polar surface area (TPSA) is 34.1 Å². The SMILES string of the molecule is c1cc2c(cc1-c1ccc3c(c1)SN1CCCN=C31)OCO2. The molecule has 0 unspecified atom stereocenters. The van der Waals surface area contributed by atoms with Crippen LogP contribution in [0, 0.1) is 0 Å². The molecule has 0 amide bonds. The number of fused-ring (bicyclic) bond motifs is 4. The molecule has 0 spiro atoms. The molecule has 0 saturated heterocycles. The van der Waals surface area contributed by atoms with Gasteiger partial charge in [-0.1, -0.05) is 12.1 Å². The van der Waals surface area contributed by atoms with Gasteiger partial charge in [-0.2, -0.15) is 0 Å². The maximum Gasteiger partial charge on any atom is 0.231 e. The largest absolute Gasteiger partial charge is 0.454 e. The smallest absolute Gasteiger partial charge is 0.231 e. The molecule has 0 fully saturated rings. The molecule has 0 atom stereocenters. The second kappa shape index (κ2) is 4.68. The second-order valence-electron chi connectivity index (χ2n) is 5.53. The Morgan fingerprint density at radius 2 is 1.86 bits per heavy atom. The minimum atomic E-state index is 0.313. The van der Waals surface area contributed by atoms with Crippen LogP contribution in [0.25, 0.3) is 11.1 Å². The molecule has 110 valence electrons. The third kappa shape index (κ3) is 1.82. The summed E-state index contributed by atoms with van der Waals surface area (Å²) in [5.41, 5.74) is 3.61. The molecule has 2 aromatic carbocycles. The molecule has 4 nitrogen and oxygen atoms in total. The zero-order valence-electron chi connectivity index (χ0n) is 11.9. The van der Waals surface area contributed by atoms with E-state index in [-0.39, 0.29) is 0 Å². The number of benzene rings is 2. The molecule has 5 heteroatoms. The highest BCUT2D eigenvalue weighted by Gasteiger charge is 2.28. The van der Waals surface area contributed by atoms with Gasteiger partial charge >= 0.3 is 0 Å². The first kappa shape index (κ1) is 12.4. The highest BCUT2D eigenvalue weighted by atomic mass is 32.2. The predicted octanol–water partition coefficient (Wildman–Crippen LogP) is 3.56. The molecule has 0 aromatic heterocycles. The van der Waals surface area contributed by atoms with Crippen LogP contribution in [0.1, 0.15) is 12.0 Å². The summed E-state index contributed by atoms with van der Waals surface area (Å²) in [7, 11) is 0. The third-order valence-electron chi connectivity index (χ3n) is 4.15. The van der Waals surface area contributed by atoms with E-state index in [1.54, 1.807) is 11.9 Å². The van der Waals surface area contributed by atoms with Gasteiger partial charge in [-0.05, 0) is 53.8 Å². The molecule has 22 heavy (non-hydrogen) atoms. The highest BCUT2D eigenvalue weighted by molar-refractivity contribution is 7.98. The fourth-order valence-electron chi connectivity index (χ4n) is 3.05. The van der Waals surface area contributed by atoms with Crippen LogP contribution in [0.4, 0.5) is 0 Å². The van der Waals surface area contributed by atoms with E-state index in [1.165, 1.54) is 16.0 Å². The number of rotatable bonds is 1. The molecule has 3 aliphatic heterocycles. The van der Waals surface area contributed by atoms with Gasteiger partial charge in [-0.25, -0.2) is 0 Å². The van der Waals surface area contributed by atoms with Crippen molar-refractivity contribution in [2.75, 3.05) is 19.9 Å². The maximum atomic E-state index is 5.48. The second-order valence-corrected chi connectivity index (χ2v) is 6.59. The number of nitrogens with zero attached hydrogens (tertiary/aromatic N) is 2. The summed E-state index contributed by atoms with van der Waals surface area (Å²) in [5.74, 6) is 2.79. The molecule has 0 aliphatic carbocycles. The van der Waals surface area contributed by atoms with Gasteiger partial charge in [0.1, 0.15) is 5.84 Å². The van der Waals surface area contributed by atoms with Gasteiger partial charge in [0.05, 0.1) is 0 Å². The van der Waals surface area contributed by atoms with Crippen molar-refractivity contribution in [1.82, 2.24) is 4.31 Å². The highest BCUT2D eigenvalue weighted by Crippen LogP contribution is 2.41. The van der Waals surface area contributed by atoms with Crippen LogP contribution in [0.3, 0.4) is 0 Å². The van der Waals surface area contributed by atoms with E-state index in [0.29, 0.717) is 6.79 Å². The van der Waals surface area contributed by atoms with Gasteiger partial charge in [-0.15, -0.1) is 0 Å². The number of amidine groups is 1. The molecule has 3 heterocycles. The van der Waals surface area contributed by atoms with E-state index in [1.807, 2.05) is 6.07 Å². The van der Waals surface area contributed by atoms with E-state index < -0.39 is 0 Å². The molecule has 0 radical (unpaired) electrons. The summed E-state index contributed by atoms with van der Waals surface area (Å²) in [4.78, 5) is 5.96. The number of hydrogen-bond donors (Lipinski definition) is 0. The van der Waals surface area contributed by atoms with Gasteiger partial charge in [0, 0.05) is 23.5 Å². The Morgan fingerprint density at radius 3 is 2.86 bits per heavy atom. The van der Waals surface area contributed by atoms with Crippen LogP contribution in [-0.2, 0) is 0 Å². The van der Waals surface area contributed by atoms with Gasteiger partial charge in [0.2, 0.25) is 6.79 Å². The molecule has 2 aromatic rings. The van der Waals surface area contributed by atoms with Crippen molar-refractivity contribution in [3.63, 3.8) is 0 Å². The minimum absolute atomic E-state index is 0.313. The minimum Gasteiger partial charge on any atom is -0.454 e. The summed E-state index contributed by atoms with van der Waals surface area (Å²) in [6.07, 6.45) is 1.14. The van der Waals surface area contributed by atoms with Crippen LogP contribution in [-0.4, -0.2) is 30.0 Å². The first-order chi connectivity index (χ1) is 10.9. The number of hydrogen-bond acceptors (Lipinski definition) is 5. The lowest BCUT2D eigenvalue weighted by Gasteiger charge is -2.20. The van der Waals surface area contributed by atoms with Gasteiger partial charge < -0.3 is 9.47 Å². The average molecular weight is 310 g/mol. The summed E-state index contributed by atoms with van der Waals surface area (Å²) in [5, 5.41) is 0. The van der Waals surface area contributed by atoms with Crippen LogP contribution >= 0.6 is 11.9 Å². The van der Waals surface area contributed by atoms with E-state index >= 15 is 0 Å². The van der Waals surface area contributed by atoms with Gasteiger partial charge in [-0.3, -0.25) is 9.30 Å². The van der Waals surface area contributed by atoms with Crippen molar-refractivity contribution in [2.24, 2.45) is 4.99 Å². The van der Waals surface area contributed by atoms with Crippen molar-refractivity contribution < 1.29 is 9.47 Å². The summed E-state index contributed by atoms with van der Waals surface area (Å²) in [6, 6.07) is 12.7. The zero-order valence-corrected chi connectivity index (χ0v) is 12.7. The average Bonchev–Trinajstić information content (AvgIpc) is 3.17. The Kier molecular flexibility index (Phi) is 2.64. The van der Waals surface area contributed by atoms with E-state index in [2.05, 4.69) is 39.6 Å². The van der Waals surface area contributed by atoms with Crippen molar-refractivity contribution >= 4 is 17.8 Å². The quantitative estimate of drug-likeness (QED) is 0.754. The molecule has 3 aliphatic rings. The fraction of sp³-hybridized carbons (Fsp3) is 0.235. The zero-order chi connectivity index (χ0) is 14.5. The van der Waals surface area contributed by atoms with Gasteiger partial charge in [0.25, 0.3) is 0 Å². The van der Waals surface area contributed by atoms with Crippen LogP contribution in [0.5, 0.6) is 11.5 Å². The lowest BCUT2D eigenvalue weighted by atomic mass is 10.0. The normalized spacial score (nSPS) is 18.0. The summed E-state index contributed by atoms with van der Waals surface area (Å²) >= 11 is 1.80. The third-order valence-corrected chi connectivity index (χ3v) is 5.26. The number of ether oxygens (including phenoxy) is 2. The van der Waals surface area contributed by atoms with Crippen molar-refractivity contribution in [1.29, 1.82) is 0 Å². The summed E-state index contributed by atoms with van der Waals surface area (Å²) < 4.78 is 13.2. The molecule has 5 rings (SSSR count). The van der Waals surface area contributed by atoms with Crippen molar-refractivity contribution in [3.8, 4) is 22.6 Å². The molecule has 0 bridgehead atoms.